The van der Waals surface area contributed by atoms with Crippen molar-refractivity contribution in [1.82, 2.24) is 0 Å². The first kappa shape index (κ1) is 35.0. The standard InChI is InChI=1S/C58H41NS/c1-57(2)48-25-12-9-21-43(48)46-36-35-42(37-52(46)57)59(41-33-31-39(32-34-41)38-17-5-3-6-18-38)53-29-16-30-54-55(53)47-24-15-28-51(56(47)60-54)58(40-19-7-4-8-20-40)49-26-13-10-22-44(49)45-23-11-14-27-50(45)58/h3-37H,1-2H3. The van der Waals surface area contributed by atoms with E-state index in [1.807, 2.05) is 11.3 Å². The highest BCUT2D eigenvalue weighted by molar-refractivity contribution is 7.26. The smallest absolute Gasteiger partial charge is 0.0727 e. The van der Waals surface area contributed by atoms with Crippen molar-refractivity contribution in [3.63, 3.8) is 0 Å². The lowest BCUT2D eigenvalue weighted by Crippen LogP contribution is -2.28. The molecule has 0 saturated carbocycles. The molecule has 0 spiro atoms. The summed E-state index contributed by atoms with van der Waals surface area (Å²) in [5.41, 5.74) is 18.6. The Bertz CT molecular complexity index is 3240. The third-order valence-corrected chi connectivity index (χ3v) is 14.6. The van der Waals surface area contributed by atoms with Gasteiger partial charge in [-0.25, -0.2) is 0 Å². The zero-order valence-corrected chi connectivity index (χ0v) is 34.4. The van der Waals surface area contributed by atoms with Crippen LogP contribution in [0.2, 0.25) is 0 Å². The Balaban J connectivity index is 1.12. The van der Waals surface area contributed by atoms with Crippen LogP contribution in [0.15, 0.2) is 212 Å². The summed E-state index contributed by atoms with van der Waals surface area (Å²) in [5, 5.41) is 2.55. The fourth-order valence-corrected chi connectivity index (χ4v) is 12.0. The van der Waals surface area contributed by atoms with Gasteiger partial charge in [-0.2, -0.15) is 0 Å². The van der Waals surface area contributed by atoms with E-state index in [0.717, 1.165) is 11.4 Å². The summed E-state index contributed by atoms with van der Waals surface area (Å²) in [7, 11) is 0. The molecule has 2 heteroatoms. The molecular weight excluding hydrogens is 743 g/mol. The molecule has 0 fully saturated rings. The molecule has 2 aliphatic carbocycles. The fraction of sp³-hybridized carbons (Fsp3) is 0.0690. The van der Waals surface area contributed by atoms with Gasteiger partial charge in [-0.05, 0) is 103 Å². The van der Waals surface area contributed by atoms with E-state index in [0.29, 0.717) is 0 Å². The van der Waals surface area contributed by atoms with Crippen molar-refractivity contribution in [3.05, 3.63) is 246 Å². The zero-order valence-electron chi connectivity index (χ0n) is 33.6. The molecule has 12 rings (SSSR count). The van der Waals surface area contributed by atoms with Crippen LogP contribution >= 0.6 is 11.3 Å². The van der Waals surface area contributed by atoms with Crippen LogP contribution in [0.25, 0.3) is 53.6 Å². The maximum Gasteiger partial charge on any atom is 0.0727 e. The predicted octanol–water partition coefficient (Wildman–Crippen LogP) is 15.9. The van der Waals surface area contributed by atoms with E-state index in [-0.39, 0.29) is 5.41 Å². The first-order valence-electron chi connectivity index (χ1n) is 20.9. The monoisotopic (exact) mass is 783 g/mol. The van der Waals surface area contributed by atoms with E-state index in [9.17, 15) is 0 Å². The van der Waals surface area contributed by atoms with Crippen molar-refractivity contribution in [1.29, 1.82) is 0 Å². The summed E-state index contributed by atoms with van der Waals surface area (Å²) < 4.78 is 2.60. The maximum absolute atomic E-state index is 2.50. The van der Waals surface area contributed by atoms with Crippen LogP contribution in [-0.2, 0) is 10.8 Å². The maximum atomic E-state index is 2.50. The van der Waals surface area contributed by atoms with Gasteiger partial charge in [-0.15, -0.1) is 11.3 Å². The number of hydrogen-bond acceptors (Lipinski definition) is 2. The van der Waals surface area contributed by atoms with Crippen LogP contribution in [0.3, 0.4) is 0 Å². The summed E-state index contributed by atoms with van der Waals surface area (Å²) in [6, 6.07) is 79.1. The van der Waals surface area contributed by atoms with E-state index >= 15 is 0 Å². The second-order valence-corrected chi connectivity index (χ2v) is 17.8. The Morgan fingerprint density at radius 1 is 0.400 bits per heavy atom. The van der Waals surface area contributed by atoms with E-state index < -0.39 is 5.41 Å². The van der Waals surface area contributed by atoms with Gasteiger partial charge in [-0.3, -0.25) is 0 Å². The molecule has 0 unspecified atom stereocenters. The number of nitrogens with zero attached hydrogens (tertiary/aromatic N) is 1. The second kappa shape index (κ2) is 13.3. The normalized spacial score (nSPS) is 14.1. The van der Waals surface area contributed by atoms with E-state index in [1.165, 1.54) is 92.6 Å². The minimum atomic E-state index is -0.484. The van der Waals surface area contributed by atoms with E-state index in [1.54, 1.807) is 0 Å². The van der Waals surface area contributed by atoms with Gasteiger partial charge in [0.1, 0.15) is 0 Å². The average Bonchev–Trinajstić information content (AvgIpc) is 3.92. The summed E-state index contributed by atoms with van der Waals surface area (Å²) in [5.74, 6) is 0. The lowest BCUT2D eigenvalue weighted by Gasteiger charge is -2.34. The summed E-state index contributed by atoms with van der Waals surface area (Å²) in [4.78, 5) is 2.50. The summed E-state index contributed by atoms with van der Waals surface area (Å²) in [6.07, 6.45) is 0. The molecule has 0 radical (unpaired) electrons. The van der Waals surface area contributed by atoms with Crippen molar-refractivity contribution in [2.45, 2.75) is 24.7 Å². The van der Waals surface area contributed by atoms with Crippen molar-refractivity contribution in [2.75, 3.05) is 4.90 Å². The van der Waals surface area contributed by atoms with Crippen molar-refractivity contribution in [3.8, 4) is 33.4 Å². The van der Waals surface area contributed by atoms with Gasteiger partial charge in [0.15, 0.2) is 0 Å². The summed E-state index contributed by atoms with van der Waals surface area (Å²) >= 11 is 1.92. The van der Waals surface area contributed by atoms with Crippen LogP contribution in [0, 0.1) is 0 Å². The van der Waals surface area contributed by atoms with Crippen molar-refractivity contribution >= 4 is 48.6 Å². The predicted molar refractivity (Wildman–Crippen MR) is 254 cm³/mol. The molecule has 2 aliphatic rings. The third kappa shape index (κ3) is 4.92. The number of hydrogen-bond donors (Lipinski definition) is 0. The van der Waals surface area contributed by atoms with Gasteiger partial charge in [-0.1, -0.05) is 190 Å². The van der Waals surface area contributed by atoms with Crippen LogP contribution in [0.4, 0.5) is 17.1 Å². The molecule has 1 aromatic heterocycles. The molecule has 60 heavy (non-hydrogen) atoms. The van der Waals surface area contributed by atoms with Gasteiger partial charge in [0.05, 0.1) is 11.1 Å². The number of fused-ring (bicyclic) bond motifs is 9. The molecule has 0 amide bonds. The second-order valence-electron chi connectivity index (χ2n) is 16.8. The molecule has 0 bridgehead atoms. The SMILES string of the molecule is CC1(C)c2ccccc2-c2ccc(N(c3ccc(-c4ccccc4)cc3)c3cccc4sc5c(C6(c7ccccc7)c7ccccc7-c7ccccc76)cccc5c34)cc21. The lowest BCUT2D eigenvalue weighted by atomic mass is 9.67. The molecule has 10 aromatic rings. The minimum Gasteiger partial charge on any atom is -0.310 e. The molecule has 0 atom stereocenters. The van der Waals surface area contributed by atoms with Crippen molar-refractivity contribution in [2.24, 2.45) is 0 Å². The minimum absolute atomic E-state index is 0.125. The van der Waals surface area contributed by atoms with Gasteiger partial charge < -0.3 is 4.90 Å². The van der Waals surface area contributed by atoms with Crippen LogP contribution in [0.5, 0.6) is 0 Å². The topological polar surface area (TPSA) is 3.24 Å². The quantitative estimate of drug-likeness (QED) is 0.162. The number of anilines is 3. The number of thiophene rings is 1. The molecule has 0 aliphatic heterocycles. The first-order valence-corrected chi connectivity index (χ1v) is 21.7. The highest BCUT2D eigenvalue weighted by Gasteiger charge is 2.47. The Labute approximate surface area is 355 Å². The van der Waals surface area contributed by atoms with Crippen LogP contribution in [0.1, 0.15) is 47.2 Å². The van der Waals surface area contributed by atoms with Crippen LogP contribution < -0.4 is 4.90 Å². The molecular formula is C58H41NS. The molecule has 0 saturated heterocycles. The van der Waals surface area contributed by atoms with Crippen molar-refractivity contribution < 1.29 is 0 Å². The van der Waals surface area contributed by atoms with Gasteiger partial charge in [0.25, 0.3) is 0 Å². The highest BCUT2D eigenvalue weighted by atomic mass is 32.1. The molecule has 1 nitrogen and oxygen atoms in total. The molecule has 1 heterocycles. The third-order valence-electron chi connectivity index (χ3n) is 13.4. The Morgan fingerprint density at radius 2 is 0.933 bits per heavy atom. The Morgan fingerprint density at radius 3 is 1.63 bits per heavy atom. The Kier molecular flexibility index (Phi) is 7.73. The fourth-order valence-electron chi connectivity index (χ4n) is 10.7. The van der Waals surface area contributed by atoms with Gasteiger partial charge >= 0.3 is 0 Å². The van der Waals surface area contributed by atoms with Gasteiger partial charge in [0.2, 0.25) is 0 Å². The highest BCUT2D eigenvalue weighted by Crippen LogP contribution is 2.59. The van der Waals surface area contributed by atoms with E-state index in [2.05, 4.69) is 231 Å². The number of benzene rings is 9. The molecule has 284 valence electrons. The number of rotatable bonds is 6. The zero-order chi connectivity index (χ0) is 40.0. The van der Waals surface area contributed by atoms with Gasteiger partial charge in [0, 0.05) is 37.0 Å². The average molecular weight is 784 g/mol. The van der Waals surface area contributed by atoms with Crippen LogP contribution in [-0.4, -0.2) is 0 Å². The molecule has 0 N–H and O–H groups in total. The molecule has 9 aromatic carbocycles. The Hall–Kier alpha value is -7.00. The lowest BCUT2D eigenvalue weighted by molar-refractivity contribution is 0.660. The summed E-state index contributed by atoms with van der Waals surface area (Å²) in [6.45, 7) is 4.74. The van der Waals surface area contributed by atoms with E-state index in [4.69, 9.17) is 0 Å². The first-order chi connectivity index (χ1) is 29.5. The largest absolute Gasteiger partial charge is 0.310 e.